The van der Waals surface area contributed by atoms with Crippen molar-refractivity contribution in [3.05, 3.63) is 12.2 Å². The summed E-state index contributed by atoms with van der Waals surface area (Å²) in [5, 5.41) is 0. The zero-order valence-electron chi connectivity index (χ0n) is 10.8. The zero-order chi connectivity index (χ0) is 12.3. The van der Waals surface area contributed by atoms with Crippen molar-refractivity contribution in [1.82, 2.24) is 4.90 Å². The van der Waals surface area contributed by atoms with E-state index in [4.69, 9.17) is 0 Å². The molecule has 3 nitrogen and oxygen atoms in total. The van der Waals surface area contributed by atoms with Crippen molar-refractivity contribution in [3.8, 4) is 0 Å². The fourth-order valence-corrected chi connectivity index (χ4v) is 2.83. The number of aliphatic imine (C=N–C) groups is 1. The SMILES string of the molecule is CN(C)C1=NCC(C2CCC(C=O)CC2)C=C1. The molecule has 1 atom stereocenters. The molecule has 1 aliphatic carbocycles. The molecule has 0 bridgehead atoms. The van der Waals surface area contributed by atoms with E-state index in [9.17, 15) is 4.79 Å². The summed E-state index contributed by atoms with van der Waals surface area (Å²) < 4.78 is 0. The second-order valence-corrected chi connectivity index (χ2v) is 5.43. The maximum Gasteiger partial charge on any atom is 0.123 e. The molecule has 0 N–H and O–H groups in total. The van der Waals surface area contributed by atoms with E-state index in [1.807, 2.05) is 14.1 Å². The van der Waals surface area contributed by atoms with Gasteiger partial charge >= 0.3 is 0 Å². The van der Waals surface area contributed by atoms with Crippen LogP contribution >= 0.6 is 0 Å². The number of rotatable bonds is 2. The largest absolute Gasteiger partial charge is 0.363 e. The molecular formula is C14H22N2O. The van der Waals surface area contributed by atoms with Gasteiger partial charge in [-0.1, -0.05) is 6.08 Å². The first-order valence-electron chi connectivity index (χ1n) is 6.56. The number of carbonyl (C=O) groups excluding carboxylic acids is 1. The predicted octanol–water partition coefficient (Wildman–Crippen LogP) is 2.14. The molecule has 0 aromatic carbocycles. The van der Waals surface area contributed by atoms with Gasteiger partial charge in [-0.05, 0) is 43.6 Å². The van der Waals surface area contributed by atoms with E-state index in [-0.39, 0.29) is 0 Å². The minimum atomic E-state index is 0.319. The molecule has 1 saturated carbocycles. The monoisotopic (exact) mass is 234 g/mol. The minimum Gasteiger partial charge on any atom is -0.363 e. The van der Waals surface area contributed by atoms with Crippen molar-refractivity contribution < 1.29 is 4.79 Å². The third-order valence-electron chi connectivity index (χ3n) is 4.03. The summed E-state index contributed by atoms with van der Waals surface area (Å²) >= 11 is 0. The van der Waals surface area contributed by atoms with E-state index in [0.29, 0.717) is 11.8 Å². The van der Waals surface area contributed by atoms with Gasteiger partial charge in [0.15, 0.2) is 0 Å². The predicted molar refractivity (Wildman–Crippen MR) is 70.1 cm³/mol. The third-order valence-corrected chi connectivity index (χ3v) is 4.03. The molecule has 2 rings (SSSR count). The number of hydrogen-bond acceptors (Lipinski definition) is 3. The number of nitrogens with zero attached hydrogens (tertiary/aromatic N) is 2. The van der Waals surface area contributed by atoms with Crippen molar-refractivity contribution in [2.75, 3.05) is 20.6 Å². The van der Waals surface area contributed by atoms with Crippen molar-refractivity contribution >= 4 is 12.1 Å². The van der Waals surface area contributed by atoms with Crippen LogP contribution in [-0.4, -0.2) is 37.7 Å². The molecule has 0 saturated heterocycles. The van der Waals surface area contributed by atoms with Gasteiger partial charge in [0, 0.05) is 26.6 Å². The zero-order valence-corrected chi connectivity index (χ0v) is 10.8. The second-order valence-electron chi connectivity index (χ2n) is 5.43. The summed E-state index contributed by atoms with van der Waals surface area (Å²) in [6.45, 7) is 0.917. The van der Waals surface area contributed by atoms with Crippen LogP contribution in [0.3, 0.4) is 0 Å². The van der Waals surface area contributed by atoms with Crippen molar-refractivity contribution in [2.24, 2.45) is 22.7 Å². The lowest BCUT2D eigenvalue weighted by Crippen LogP contribution is -2.28. The standard InChI is InChI=1S/C14H22N2O/c1-16(2)14-8-7-13(9-15-14)12-5-3-11(10-17)4-6-12/h7-8,10-13H,3-6,9H2,1-2H3. The topological polar surface area (TPSA) is 32.7 Å². The molecule has 2 aliphatic rings. The van der Waals surface area contributed by atoms with Crippen LogP contribution in [0.4, 0.5) is 0 Å². The first-order valence-corrected chi connectivity index (χ1v) is 6.56. The van der Waals surface area contributed by atoms with Crippen LogP contribution in [0, 0.1) is 17.8 Å². The van der Waals surface area contributed by atoms with Crippen LogP contribution in [0.5, 0.6) is 0 Å². The van der Waals surface area contributed by atoms with E-state index >= 15 is 0 Å². The third kappa shape index (κ3) is 2.96. The number of carbonyl (C=O) groups is 1. The van der Waals surface area contributed by atoms with E-state index in [2.05, 4.69) is 22.0 Å². The van der Waals surface area contributed by atoms with Crippen LogP contribution < -0.4 is 0 Å². The quantitative estimate of drug-likeness (QED) is 0.686. The average Bonchev–Trinajstić information content (AvgIpc) is 2.39. The molecule has 0 aromatic rings. The van der Waals surface area contributed by atoms with Gasteiger partial charge in [-0.25, -0.2) is 0 Å². The van der Waals surface area contributed by atoms with E-state index < -0.39 is 0 Å². The molecule has 1 heterocycles. The molecule has 17 heavy (non-hydrogen) atoms. The Morgan fingerprint density at radius 2 is 2.00 bits per heavy atom. The molecule has 0 aromatic heterocycles. The van der Waals surface area contributed by atoms with Gasteiger partial charge in [-0.3, -0.25) is 4.99 Å². The maximum absolute atomic E-state index is 10.7. The Morgan fingerprint density at radius 1 is 1.29 bits per heavy atom. The van der Waals surface area contributed by atoms with Crippen molar-refractivity contribution in [1.29, 1.82) is 0 Å². The number of hydrogen-bond donors (Lipinski definition) is 0. The molecule has 0 spiro atoms. The highest BCUT2D eigenvalue weighted by atomic mass is 16.1. The van der Waals surface area contributed by atoms with Gasteiger partial charge < -0.3 is 9.69 Å². The average molecular weight is 234 g/mol. The number of likely N-dealkylation sites (N-methyl/N-ethyl adjacent to an activating group) is 1. The van der Waals surface area contributed by atoms with Gasteiger partial charge in [0.25, 0.3) is 0 Å². The van der Waals surface area contributed by atoms with E-state index in [1.54, 1.807) is 0 Å². The molecule has 0 radical (unpaired) electrons. The minimum absolute atomic E-state index is 0.319. The van der Waals surface area contributed by atoms with Crippen LogP contribution in [0.15, 0.2) is 17.1 Å². The lowest BCUT2D eigenvalue weighted by Gasteiger charge is -2.31. The maximum atomic E-state index is 10.7. The van der Waals surface area contributed by atoms with Crippen LogP contribution in [0.1, 0.15) is 25.7 Å². The number of dihydropyridines is 1. The van der Waals surface area contributed by atoms with Gasteiger partial charge in [-0.15, -0.1) is 0 Å². The van der Waals surface area contributed by atoms with Crippen LogP contribution in [0.25, 0.3) is 0 Å². The van der Waals surface area contributed by atoms with Crippen molar-refractivity contribution in [3.63, 3.8) is 0 Å². The normalized spacial score (nSPS) is 33.1. The Hall–Kier alpha value is -1.12. The lowest BCUT2D eigenvalue weighted by atomic mass is 9.75. The summed E-state index contributed by atoms with van der Waals surface area (Å²) in [5.74, 6) is 2.71. The number of aldehydes is 1. The lowest BCUT2D eigenvalue weighted by molar-refractivity contribution is -0.112. The fourth-order valence-electron chi connectivity index (χ4n) is 2.83. The smallest absolute Gasteiger partial charge is 0.123 e. The highest BCUT2D eigenvalue weighted by Crippen LogP contribution is 2.34. The van der Waals surface area contributed by atoms with Gasteiger partial charge in [0.05, 0.1) is 0 Å². The molecular weight excluding hydrogens is 212 g/mol. The Morgan fingerprint density at radius 3 is 2.47 bits per heavy atom. The van der Waals surface area contributed by atoms with Gasteiger partial charge in [-0.2, -0.15) is 0 Å². The van der Waals surface area contributed by atoms with Gasteiger partial charge in [0.1, 0.15) is 12.1 Å². The summed E-state index contributed by atoms with van der Waals surface area (Å²) in [4.78, 5) is 17.4. The summed E-state index contributed by atoms with van der Waals surface area (Å²) in [6, 6.07) is 0. The Bertz CT molecular complexity index is 325. The van der Waals surface area contributed by atoms with E-state index in [0.717, 1.165) is 37.4 Å². The molecule has 0 amide bonds. The summed E-state index contributed by atoms with van der Waals surface area (Å²) in [5.41, 5.74) is 0. The van der Waals surface area contributed by atoms with Crippen LogP contribution in [-0.2, 0) is 4.79 Å². The van der Waals surface area contributed by atoms with E-state index in [1.165, 1.54) is 12.8 Å². The van der Waals surface area contributed by atoms with Crippen LogP contribution in [0.2, 0.25) is 0 Å². The Kier molecular flexibility index (Phi) is 3.97. The number of amidine groups is 1. The summed E-state index contributed by atoms with van der Waals surface area (Å²) in [6.07, 6.45) is 10.1. The fraction of sp³-hybridized carbons (Fsp3) is 0.714. The van der Waals surface area contributed by atoms with Gasteiger partial charge in [0.2, 0.25) is 0 Å². The molecule has 1 fully saturated rings. The first-order chi connectivity index (χ1) is 8.20. The highest BCUT2D eigenvalue weighted by Gasteiger charge is 2.27. The molecule has 94 valence electrons. The Balaban J connectivity index is 1.86. The van der Waals surface area contributed by atoms with Crippen molar-refractivity contribution in [2.45, 2.75) is 25.7 Å². The Labute approximate surface area is 104 Å². The first kappa shape index (κ1) is 12.3. The molecule has 1 aliphatic heterocycles. The summed E-state index contributed by atoms with van der Waals surface area (Å²) in [7, 11) is 4.05. The highest BCUT2D eigenvalue weighted by molar-refractivity contribution is 5.93. The molecule has 1 unspecified atom stereocenters. The molecule has 3 heteroatoms. The second kappa shape index (κ2) is 5.48.